The van der Waals surface area contributed by atoms with Gasteiger partial charge in [0.2, 0.25) is 0 Å². The monoisotopic (exact) mass is 1130 g/mol. The van der Waals surface area contributed by atoms with E-state index in [1.807, 2.05) is 48.5 Å². The highest BCUT2D eigenvalue weighted by Gasteiger charge is 2.30. The van der Waals surface area contributed by atoms with E-state index in [9.17, 15) is 10.2 Å². The van der Waals surface area contributed by atoms with Crippen LogP contribution >= 0.6 is 0 Å². The van der Waals surface area contributed by atoms with E-state index >= 15 is 8.78 Å². The second kappa shape index (κ2) is 26.0. The highest BCUT2D eigenvalue weighted by molar-refractivity contribution is 6.90. The van der Waals surface area contributed by atoms with Crippen molar-refractivity contribution in [3.8, 4) is 56.6 Å². The molecule has 10 heteroatoms. The number of ether oxygens (including phenoxy) is 2. The maximum Gasteiger partial charge on any atom is 0.147 e. The first-order valence-corrected chi connectivity index (χ1v) is 36.8. The zero-order chi connectivity index (χ0) is 57.4. The molecule has 426 valence electrons. The number of aromatic nitrogens is 2. The van der Waals surface area contributed by atoms with E-state index in [1.54, 1.807) is 12.1 Å². The minimum Gasteiger partial charge on any atom is -0.505 e. The number of para-hydroxylation sites is 4. The maximum atomic E-state index is 15.6. The average Bonchev–Trinajstić information content (AvgIpc) is 3.59. The normalized spacial score (nSPS) is 12.1. The van der Waals surface area contributed by atoms with Crippen LogP contribution in [0, 0.1) is 11.6 Å². The molecule has 0 amide bonds. The van der Waals surface area contributed by atoms with Crippen LogP contribution in [0.3, 0.4) is 0 Å². The van der Waals surface area contributed by atoms with Crippen LogP contribution in [0.2, 0.25) is 38.3 Å². The Morgan fingerprint density at radius 2 is 0.707 bits per heavy atom. The Balaban J connectivity index is 0.926. The van der Waals surface area contributed by atoms with Gasteiger partial charge in [0, 0.05) is 43.8 Å². The van der Waals surface area contributed by atoms with E-state index in [-0.39, 0.29) is 11.5 Å². The van der Waals surface area contributed by atoms with E-state index in [4.69, 9.17) is 9.47 Å². The van der Waals surface area contributed by atoms with Gasteiger partial charge in [-0.15, -0.1) is 0 Å². The standard InChI is InChI=1S/C72H82F2N2O4Si2/c1-7-9-11-13-15-27-43-81(3,4)53-47-61(71(77)67(49-53)75-63-33-21-17-29-55(63)56-30-18-22-34-64(56)75)59-45-51(73)37-39-69(59)79-41-25-26-42-80-70-40-38-52(74)46-60(70)62-48-54(82(5,6)44-28-16-14-12-10-8-2)50-68(72(62)78)76-65-35-23-19-31-57(65)58-32-20-24-36-66(58)76/h17-24,29-40,45-50,77-78H,7-16,25-28,41-44H2,1-6H3. The van der Waals surface area contributed by atoms with Gasteiger partial charge >= 0.3 is 0 Å². The third kappa shape index (κ3) is 12.4. The molecule has 0 unspecified atom stereocenters. The molecule has 0 fully saturated rings. The number of hydrogen-bond donors (Lipinski definition) is 2. The Bertz CT molecular complexity index is 3490. The Morgan fingerprint density at radius 1 is 0.378 bits per heavy atom. The number of hydrogen-bond acceptors (Lipinski definition) is 4. The molecule has 0 spiro atoms. The van der Waals surface area contributed by atoms with Gasteiger partial charge in [-0.2, -0.15) is 0 Å². The largest absolute Gasteiger partial charge is 0.505 e. The molecule has 6 nitrogen and oxygen atoms in total. The molecule has 8 aromatic carbocycles. The summed E-state index contributed by atoms with van der Waals surface area (Å²) in [6.45, 7) is 14.8. The summed E-state index contributed by atoms with van der Waals surface area (Å²) in [6, 6.07) is 53.2. The Kier molecular flexibility index (Phi) is 18.4. The van der Waals surface area contributed by atoms with Gasteiger partial charge in [0.15, 0.2) is 0 Å². The maximum absolute atomic E-state index is 15.6. The fraction of sp³-hybridized carbons (Fsp3) is 0.333. The minimum absolute atomic E-state index is 0.0704. The van der Waals surface area contributed by atoms with Gasteiger partial charge in [-0.05, 0) is 85.6 Å². The van der Waals surface area contributed by atoms with Crippen LogP contribution in [-0.2, 0) is 0 Å². The molecule has 0 bridgehead atoms. The van der Waals surface area contributed by atoms with Crippen LogP contribution in [-0.4, -0.2) is 48.7 Å². The molecule has 2 heterocycles. The van der Waals surface area contributed by atoms with Crippen molar-refractivity contribution in [2.75, 3.05) is 13.2 Å². The minimum atomic E-state index is -2.11. The summed E-state index contributed by atoms with van der Waals surface area (Å²) in [4.78, 5) is 0. The second-order valence-corrected chi connectivity index (χ2v) is 33.7. The van der Waals surface area contributed by atoms with Gasteiger partial charge in [-0.3, -0.25) is 0 Å². The van der Waals surface area contributed by atoms with Gasteiger partial charge in [-0.25, -0.2) is 8.78 Å². The zero-order valence-corrected chi connectivity index (χ0v) is 51.1. The smallest absolute Gasteiger partial charge is 0.147 e. The van der Waals surface area contributed by atoms with Crippen molar-refractivity contribution in [3.05, 3.63) is 169 Å². The van der Waals surface area contributed by atoms with Crippen LogP contribution < -0.4 is 19.8 Å². The van der Waals surface area contributed by atoms with Crippen molar-refractivity contribution in [2.45, 2.75) is 142 Å². The van der Waals surface area contributed by atoms with E-state index in [0.717, 1.165) is 68.5 Å². The summed E-state index contributed by atoms with van der Waals surface area (Å²) < 4.78 is 48.8. The number of rotatable bonds is 27. The number of unbranched alkanes of at least 4 members (excludes halogenated alkanes) is 11. The fourth-order valence-corrected chi connectivity index (χ4v) is 17.3. The van der Waals surface area contributed by atoms with E-state index in [2.05, 4.69) is 122 Å². The lowest BCUT2D eigenvalue weighted by Gasteiger charge is -2.26. The van der Waals surface area contributed by atoms with Crippen molar-refractivity contribution in [1.82, 2.24) is 9.13 Å². The first-order valence-electron chi connectivity index (χ1n) is 30.4. The van der Waals surface area contributed by atoms with Crippen molar-refractivity contribution < 1.29 is 28.5 Å². The van der Waals surface area contributed by atoms with Crippen molar-refractivity contribution in [2.24, 2.45) is 0 Å². The lowest BCUT2D eigenvalue weighted by molar-refractivity contribution is 0.267. The molecule has 2 N–H and O–H groups in total. The van der Waals surface area contributed by atoms with Crippen molar-refractivity contribution in [3.63, 3.8) is 0 Å². The molecule has 10 rings (SSSR count). The molecular weight excluding hydrogens is 1050 g/mol. The first-order chi connectivity index (χ1) is 39.8. The summed E-state index contributed by atoms with van der Waals surface area (Å²) in [5, 5.41) is 32.1. The number of halogens is 2. The number of aromatic hydroxyl groups is 2. The Morgan fingerprint density at radius 3 is 1.06 bits per heavy atom. The summed E-state index contributed by atoms with van der Waals surface area (Å²) in [6.07, 6.45) is 15.8. The molecule has 82 heavy (non-hydrogen) atoms. The molecule has 10 aromatic rings. The third-order valence-electron chi connectivity index (χ3n) is 17.2. The van der Waals surface area contributed by atoms with Gasteiger partial charge in [0.1, 0.15) is 34.6 Å². The van der Waals surface area contributed by atoms with Gasteiger partial charge < -0.3 is 28.8 Å². The van der Waals surface area contributed by atoms with Crippen LogP contribution in [0.5, 0.6) is 23.0 Å². The Labute approximate surface area is 486 Å². The van der Waals surface area contributed by atoms with E-state index in [1.165, 1.54) is 98.8 Å². The van der Waals surface area contributed by atoms with Crippen LogP contribution in [0.15, 0.2) is 158 Å². The molecule has 0 radical (unpaired) electrons. The number of benzene rings is 8. The van der Waals surface area contributed by atoms with Gasteiger partial charge in [0.25, 0.3) is 0 Å². The second-order valence-electron chi connectivity index (χ2n) is 24.0. The summed E-state index contributed by atoms with van der Waals surface area (Å²) in [7, 11) is -4.22. The molecule has 0 aliphatic rings. The van der Waals surface area contributed by atoms with Crippen LogP contribution in [0.25, 0.3) is 77.2 Å². The summed E-state index contributed by atoms with van der Waals surface area (Å²) >= 11 is 0. The highest BCUT2D eigenvalue weighted by atomic mass is 28.3. The quantitative estimate of drug-likeness (QED) is 0.0398. The molecule has 0 aliphatic heterocycles. The van der Waals surface area contributed by atoms with Crippen molar-refractivity contribution in [1.29, 1.82) is 0 Å². The third-order valence-corrected chi connectivity index (χ3v) is 24.1. The summed E-state index contributed by atoms with van der Waals surface area (Å²) in [5.74, 6) is 0.274. The van der Waals surface area contributed by atoms with E-state index in [0.29, 0.717) is 71.2 Å². The predicted molar refractivity (Wildman–Crippen MR) is 347 cm³/mol. The van der Waals surface area contributed by atoms with Gasteiger partial charge in [0.05, 0.1) is 62.8 Å². The molecule has 0 saturated carbocycles. The molecule has 2 aromatic heterocycles. The van der Waals surface area contributed by atoms with Gasteiger partial charge in [-0.1, -0.05) is 224 Å². The topological polar surface area (TPSA) is 68.8 Å². The highest BCUT2D eigenvalue weighted by Crippen LogP contribution is 2.45. The lowest BCUT2D eigenvalue weighted by atomic mass is 10.0. The number of fused-ring (bicyclic) bond motifs is 6. The number of nitrogens with zero attached hydrogens (tertiary/aromatic N) is 2. The summed E-state index contributed by atoms with van der Waals surface area (Å²) in [5.41, 5.74) is 7.37. The molecule has 0 atom stereocenters. The average molecular weight is 1130 g/mol. The fourth-order valence-electron chi connectivity index (χ4n) is 12.4. The molecule has 0 aliphatic carbocycles. The Hall–Kier alpha value is -7.15. The van der Waals surface area contributed by atoms with E-state index < -0.39 is 27.8 Å². The molecular formula is C72H82F2N2O4Si2. The zero-order valence-electron chi connectivity index (χ0n) is 49.1. The first kappa shape index (κ1) is 58.1. The number of phenols is 2. The van der Waals surface area contributed by atoms with Crippen LogP contribution in [0.4, 0.5) is 8.78 Å². The predicted octanol–water partition coefficient (Wildman–Crippen LogP) is 19.7. The molecule has 0 saturated heterocycles. The SMILES string of the molecule is CCCCCCCC[Si](C)(C)c1cc(-c2cc(F)ccc2OCCCCOc2ccc(F)cc2-c2cc([Si](C)(C)CCCCCCCC)cc(-n3c4ccccc4c4ccccc43)c2O)c(O)c(-n2c3ccccc3c3ccccc32)c1. The lowest BCUT2D eigenvalue weighted by Crippen LogP contribution is -2.41. The van der Waals surface area contributed by atoms with Crippen LogP contribution in [0.1, 0.15) is 104 Å². The number of phenolic OH excluding ortho intramolecular Hbond substituents is 2. The van der Waals surface area contributed by atoms with Crippen molar-refractivity contribution >= 4 is 70.1 Å².